The molecule has 0 bridgehead atoms. The molecule has 0 unspecified atom stereocenters. The average Bonchev–Trinajstić information content (AvgIpc) is 2.49. The van der Waals surface area contributed by atoms with E-state index in [1.165, 1.54) is 19.2 Å². The molecule has 0 atom stereocenters. The Hall–Kier alpha value is -2.21. The summed E-state index contributed by atoms with van der Waals surface area (Å²) in [5.74, 6) is -1.70. The number of carbonyl (C=O) groups excluding carboxylic acids is 2. The standard InChI is InChI=1S/C15H11BrFNO3/c1-21-15(20)10-4-7-12(17)13(8-10)18-14(19)9-2-5-11(16)6-3-9/h2-8H,1H3,(H,18,19). The zero-order valence-corrected chi connectivity index (χ0v) is 12.6. The van der Waals surface area contributed by atoms with Gasteiger partial charge in [0.25, 0.3) is 5.91 Å². The molecule has 0 heterocycles. The molecule has 0 saturated heterocycles. The molecular weight excluding hydrogens is 341 g/mol. The van der Waals surface area contributed by atoms with Crippen molar-refractivity contribution in [1.29, 1.82) is 0 Å². The van der Waals surface area contributed by atoms with Gasteiger partial charge in [0.1, 0.15) is 5.82 Å². The third kappa shape index (κ3) is 3.66. The molecule has 0 saturated carbocycles. The summed E-state index contributed by atoms with van der Waals surface area (Å²) in [7, 11) is 1.23. The maximum Gasteiger partial charge on any atom is 0.337 e. The monoisotopic (exact) mass is 351 g/mol. The third-order valence-corrected chi connectivity index (χ3v) is 3.27. The Labute approximate surface area is 129 Å². The summed E-state index contributed by atoms with van der Waals surface area (Å²) in [6.07, 6.45) is 0. The van der Waals surface area contributed by atoms with Crippen LogP contribution >= 0.6 is 15.9 Å². The summed E-state index contributed by atoms with van der Waals surface area (Å²) >= 11 is 3.26. The average molecular weight is 352 g/mol. The highest BCUT2D eigenvalue weighted by Gasteiger charge is 2.13. The van der Waals surface area contributed by atoms with Gasteiger partial charge in [0, 0.05) is 10.0 Å². The molecular formula is C15H11BrFNO3. The van der Waals surface area contributed by atoms with E-state index in [0.717, 1.165) is 10.5 Å². The van der Waals surface area contributed by atoms with Gasteiger partial charge in [-0.25, -0.2) is 9.18 Å². The second-order valence-electron chi connectivity index (χ2n) is 4.15. The Morgan fingerprint density at radius 1 is 1.10 bits per heavy atom. The van der Waals surface area contributed by atoms with Crippen molar-refractivity contribution >= 4 is 33.5 Å². The normalized spacial score (nSPS) is 10.0. The Bertz CT molecular complexity index is 686. The molecule has 0 spiro atoms. The topological polar surface area (TPSA) is 55.4 Å². The Morgan fingerprint density at radius 3 is 2.33 bits per heavy atom. The summed E-state index contributed by atoms with van der Waals surface area (Å²) in [6.45, 7) is 0. The highest BCUT2D eigenvalue weighted by atomic mass is 79.9. The molecule has 0 radical (unpaired) electrons. The highest BCUT2D eigenvalue weighted by molar-refractivity contribution is 9.10. The number of hydrogen-bond donors (Lipinski definition) is 1. The number of anilines is 1. The van der Waals surface area contributed by atoms with Crippen LogP contribution in [0.15, 0.2) is 46.9 Å². The molecule has 0 fully saturated rings. The first kappa shape index (κ1) is 15.2. The van der Waals surface area contributed by atoms with Gasteiger partial charge < -0.3 is 10.1 Å². The Balaban J connectivity index is 2.24. The van der Waals surface area contributed by atoms with E-state index in [2.05, 4.69) is 26.0 Å². The molecule has 2 aromatic carbocycles. The zero-order chi connectivity index (χ0) is 15.4. The van der Waals surface area contributed by atoms with Crippen molar-refractivity contribution in [1.82, 2.24) is 0 Å². The first-order valence-electron chi connectivity index (χ1n) is 5.96. The second-order valence-corrected chi connectivity index (χ2v) is 5.06. The molecule has 0 aliphatic carbocycles. The van der Waals surface area contributed by atoms with Gasteiger partial charge in [0.05, 0.1) is 18.4 Å². The van der Waals surface area contributed by atoms with E-state index in [0.29, 0.717) is 5.56 Å². The van der Waals surface area contributed by atoms with Crippen LogP contribution in [0.2, 0.25) is 0 Å². The minimum Gasteiger partial charge on any atom is -0.465 e. The minimum absolute atomic E-state index is 0.0779. The van der Waals surface area contributed by atoms with Crippen LogP contribution in [-0.2, 0) is 4.74 Å². The van der Waals surface area contributed by atoms with Crippen LogP contribution in [0.4, 0.5) is 10.1 Å². The van der Waals surface area contributed by atoms with Crippen molar-refractivity contribution in [2.75, 3.05) is 12.4 Å². The summed E-state index contributed by atoms with van der Waals surface area (Å²) in [5.41, 5.74) is 0.455. The molecule has 0 aliphatic rings. The quantitative estimate of drug-likeness (QED) is 0.859. The van der Waals surface area contributed by atoms with Crippen LogP contribution in [0.1, 0.15) is 20.7 Å². The number of methoxy groups -OCH3 is 1. The van der Waals surface area contributed by atoms with E-state index in [9.17, 15) is 14.0 Å². The molecule has 21 heavy (non-hydrogen) atoms. The van der Waals surface area contributed by atoms with E-state index in [-0.39, 0.29) is 11.3 Å². The molecule has 1 N–H and O–H groups in total. The van der Waals surface area contributed by atoms with Crippen molar-refractivity contribution < 1.29 is 18.7 Å². The van der Waals surface area contributed by atoms with Gasteiger partial charge in [-0.1, -0.05) is 15.9 Å². The molecule has 4 nitrogen and oxygen atoms in total. The van der Waals surface area contributed by atoms with Gasteiger partial charge in [-0.05, 0) is 42.5 Å². The molecule has 1 amide bonds. The molecule has 6 heteroatoms. The van der Waals surface area contributed by atoms with Crippen molar-refractivity contribution in [3.8, 4) is 0 Å². The number of esters is 1. The van der Waals surface area contributed by atoms with E-state index < -0.39 is 17.7 Å². The fourth-order valence-electron chi connectivity index (χ4n) is 1.66. The van der Waals surface area contributed by atoms with Crippen molar-refractivity contribution in [2.24, 2.45) is 0 Å². The highest BCUT2D eigenvalue weighted by Crippen LogP contribution is 2.18. The third-order valence-electron chi connectivity index (χ3n) is 2.74. The van der Waals surface area contributed by atoms with Gasteiger partial charge >= 0.3 is 5.97 Å². The SMILES string of the molecule is COC(=O)c1ccc(F)c(NC(=O)c2ccc(Br)cc2)c1. The lowest BCUT2D eigenvalue weighted by Crippen LogP contribution is -2.13. The number of amides is 1. The van der Waals surface area contributed by atoms with Crippen molar-refractivity contribution in [3.05, 3.63) is 63.9 Å². The van der Waals surface area contributed by atoms with Gasteiger partial charge in [0.15, 0.2) is 0 Å². The zero-order valence-electron chi connectivity index (χ0n) is 11.0. The lowest BCUT2D eigenvalue weighted by atomic mass is 10.1. The lowest BCUT2D eigenvalue weighted by molar-refractivity contribution is 0.0600. The summed E-state index contributed by atoms with van der Waals surface area (Å²) in [6, 6.07) is 10.2. The molecule has 108 valence electrons. The smallest absolute Gasteiger partial charge is 0.337 e. The molecule has 0 aromatic heterocycles. The number of ether oxygens (including phenoxy) is 1. The van der Waals surface area contributed by atoms with Crippen molar-refractivity contribution in [2.45, 2.75) is 0 Å². The molecule has 2 aromatic rings. The molecule has 2 rings (SSSR count). The van der Waals surface area contributed by atoms with E-state index >= 15 is 0 Å². The number of nitrogens with one attached hydrogen (secondary N) is 1. The van der Waals surface area contributed by atoms with Gasteiger partial charge in [0.2, 0.25) is 0 Å². The predicted octanol–water partition coefficient (Wildman–Crippen LogP) is 3.63. The number of carbonyl (C=O) groups is 2. The largest absolute Gasteiger partial charge is 0.465 e. The van der Waals surface area contributed by atoms with Crippen molar-refractivity contribution in [3.63, 3.8) is 0 Å². The number of benzene rings is 2. The van der Waals surface area contributed by atoms with Gasteiger partial charge in [-0.2, -0.15) is 0 Å². The minimum atomic E-state index is -0.631. The first-order chi connectivity index (χ1) is 10.0. The van der Waals surface area contributed by atoms with Crippen LogP contribution in [0.5, 0.6) is 0 Å². The van der Waals surface area contributed by atoms with Gasteiger partial charge in [-0.15, -0.1) is 0 Å². The van der Waals surface area contributed by atoms with Crippen LogP contribution in [0, 0.1) is 5.82 Å². The maximum absolute atomic E-state index is 13.7. The van der Waals surface area contributed by atoms with E-state index in [4.69, 9.17) is 0 Å². The number of rotatable bonds is 3. The number of halogens is 2. The second kappa shape index (κ2) is 6.49. The lowest BCUT2D eigenvalue weighted by Gasteiger charge is -2.08. The van der Waals surface area contributed by atoms with Gasteiger partial charge in [-0.3, -0.25) is 4.79 Å². The fourth-order valence-corrected chi connectivity index (χ4v) is 1.93. The molecule has 0 aliphatic heterocycles. The summed E-state index contributed by atoms with van der Waals surface area (Å²) in [5, 5.41) is 2.43. The van der Waals surface area contributed by atoms with Crippen LogP contribution < -0.4 is 5.32 Å². The van der Waals surface area contributed by atoms with Crippen LogP contribution in [0.3, 0.4) is 0 Å². The van der Waals surface area contributed by atoms with Crippen LogP contribution in [-0.4, -0.2) is 19.0 Å². The summed E-state index contributed by atoms with van der Waals surface area (Å²) < 4.78 is 19.1. The maximum atomic E-state index is 13.7. The number of hydrogen-bond acceptors (Lipinski definition) is 3. The van der Waals surface area contributed by atoms with Crippen LogP contribution in [0.25, 0.3) is 0 Å². The van der Waals surface area contributed by atoms with E-state index in [1.54, 1.807) is 24.3 Å². The first-order valence-corrected chi connectivity index (χ1v) is 6.75. The Kier molecular flexibility index (Phi) is 4.70. The summed E-state index contributed by atoms with van der Waals surface area (Å²) in [4.78, 5) is 23.4. The predicted molar refractivity (Wildman–Crippen MR) is 79.8 cm³/mol. The Morgan fingerprint density at radius 2 is 1.71 bits per heavy atom. The fraction of sp³-hybridized carbons (Fsp3) is 0.0667. The van der Waals surface area contributed by atoms with E-state index in [1.807, 2.05) is 0 Å².